The summed E-state index contributed by atoms with van der Waals surface area (Å²) in [6.07, 6.45) is -2.34. The van der Waals surface area contributed by atoms with Crippen LogP contribution in [0.1, 0.15) is 18.5 Å². The zero-order chi connectivity index (χ0) is 16.4. The first-order valence-electron chi connectivity index (χ1n) is 6.93. The number of rotatable bonds is 4. The monoisotopic (exact) mass is 373 g/mol. The quantitative estimate of drug-likeness (QED) is 0.878. The molecule has 1 aliphatic heterocycles. The van der Waals surface area contributed by atoms with Crippen molar-refractivity contribution in [3.63, 3.8) is 0 Å². The third-order valence-corrected chi connectivity index (χ3v) is 5.61. The molecular formula is C13H19ClF3N3O2S. The number of hydrogen-bond donors (Lipinski definition) is 1. The number of nitrogens with zero attached hydrogens (tertiary/aromatic N) is 2. The molecule has 132 valence electrons. The Morgan fingerprint density at radius 2 is 1.91 bits per heavy atom. The molecule has 0 unspecified atom stereocenters. The average Bonchev–Trinajstić information content (AvgIpc) is 2.47. The van der Waals surface area contributed by atoms with Crippen molar-refractivity contribution in [1.82, 2.24) is 14.6 Å². The summed E-state index contributed by atoms with van der Waals surface area (Å²) in [6.45, 7) is 1.57. The van der Waals surface area contributed by atoms with Gasteiger partial charge in [0.2, 0.25) is 10.0 Å². The summed E-state index contributed by atoms with van der Waals surface area (Å²) < 4.78 is 63.5. The summed E-state index contributed by atoms with van der Waals surface area (Å²) in [5, 5.41) is 3.06. The van der Waals surface area contributed by atoms with Crippen molar-refractivity contribution in [2.75, 3.05) is 26.7 Å². The Hall–Kier alpha value is -0.900. The molecule has 23 heavy (non-hydrogen) atoms. The van der Waals surface area contributed by atoms with Gasteiger partial charge in [-0.05, 0) is 44.5 Å². The molecule has 2 heterocycles. The minimum atomic E-state index is -4.58. The number of alkyl halides is 3. The Labute approximate surface area is 139 Å². The summed E-state index contributed by atoms with van der Waals surface area (Å²) in [4.78, 5) is 3.01. The van der Waals surface area contributed by atoms with Crippen molar-refractivity contribution < 1.29 is 21.6 Å². The van der Waals surface area contributed by atoms with Crippen molar-refractivity contribution in [3.8, 4) is 0 Å². The molecule has 0 atom stereocenters. The van der Waals surface area contributed by atoms with Gasteiger partial charge in [0.05, 0.1) is 0 Å². The zero-order valence-electron chi connectivity index (χ0n) is 12.5. The topological polar surface area (TPSA) is 62.3 Å². The van der Waals surface area contributed by atoms with Crippen LogP contribution < -0.4 is 5.32 Å². The highest BCUT2D eigenvalue weighted by Gasteiger charge is 2.34. The van der Waals surface area contributed by atoms with Gasteiger partial charge in [-0.3, -0.25) is 4.98 Å². The fourth-order valence-electron chi connectivity index (χ4n) is 2.49. The van der Waals surface area contributed by atoms with Gasteiger partial charge < -0.3 is 5.32 Å². The molecule has 0 radical (unpaired) electrons. The number of aromatic nitrogens is 1. The number of sulfonamides is 1. The van der Waals surface area contributed by atoms with E-state index < -0.39 is 21.9 Å². The van der Waals surface area contributed by atoms with Gasteiger partial charge in [-0.15, -0.1) is 12.4 Å². The molecule has 0 aliphatic carbocycles. The Morgan fingerprint density at radius 1 is 1.30 bits per heavy atom. The van der Waals surface area contributed by atoms with Crippen LogP contribution >= 0.6 is 12.4 Å². The van der Waals surface area contributed by atoms with Gasteiger partial charge in [0.15, 0.2) is 0 Å². The van der Waals surface area contributed by atoms with E-state index in [-0.39, 0.29) is 17.3 Å². The first kappa shape index (κ1) is 20.1. The average molecular weight is 374 g/mol. The van der Waals surface area contributed by atoms with Crippen LogP contribution in [0.5, 0.6) is 0 Å². The molecule has 1 aromatic rings. The predicted octanol–water partition coefficient (Wildman–Crippen LogP) is 2.14. The summed E-state index contributed by atoms with van der Waals surface area (Å²) in [6, 6.07) is 1.66. The van der Waals surface area contributed by atoms with Crippen LogP contribution in [0.3, 0.4) is 0 Å². The molecule has 1 saturated heterocycles. The van der Waals surface area contributed by atoms with E-state index in [9.17, 15) is 21.6 Å². The Morgan fingerprint density at radius 3 is 2.35 bits per heavy atom. The number of piperidine rings is 1. The van der Waals surface area contributed by atoms with Gasteiger partial charge in [0.25, 0.3) is 0 Å². The summed E-state index contributed by atoms with van der Waals surface area (Å²) in [5.74, 6) is 0.419. The molecule has 2 rings (SSSR count). The van der Waals surface area contributed by atoms with Crippen LogP contribution in [0.4, 0.5) is 13.2 Å². The van der Waals surface area contributed by atoms with Crippen molar-refractivity contribution in [2.45, 2.75) is 23.9 Å². The summed E-state index contributed by atoms with van der Waals surface area (Å²) in [5.41, 5.74) is -1.10. The maximum atomic E-state index is 12.5. The molecule has 1 fully saturated rings. The molecule has 0 aromatic carbocycles. The maximum absolute atomic E-state index is 12.5. The Bertz CT molecular complexity index is 600. The van der Waals surface area contributed by atoms with Gasteiger partial charge in [-0.25, -0.2) is 8.42 Å². The maximum Gasteiger partial charge on any atom is 0.433 e. The minimum absolute atomic E-state index is 0. The molecule has 0 amide bonds. The van der Waals surface area contributed by atoms with E-state index in [1.54, 1.807) is 0 Å². The lowest BCUT2D eigenvalue weighted by atomic mass is 9.98. The number of nitrogens with one attached hydrogen (secondary N) is 1. The highest BCUT2D eigenvalue weighted by atomic mass is 35.5. The summed E-state index contributed by atoms with van der Waals surface area (Å²) >= 11 is 0. The SMILES string of the molecule is CNCC1CCN(S(=O)(=O)c2ccc(C(F)(F)F)nc2)CC1.Cl. The van der Waals surface area contributed by atoms with Crippen LogP contribution in [0.25, 0.3) is 0 Å². The molecule has 10 heteroatoms. The highest BCUT2D eigenvalue weighted by Crippen LogP contribution is 2.29. The zero-order valence-corrected chi connectivity index (χ0v) is 14.1. The molecule has 0 bridgehead atoms. The van der Waals surface area contributed by atoms with Crippen molar-refractivity contribution in [1.29, 1.82) is 0 Å². The van der Waals surface area contributed by atoms with Gasteiger partial charge in [0, 0.05) is 19.3 Å². The molecular weight excluding hydrogens is 355 g/mol. The standard InChI is InChI=1S/C13H18F3N3O2S.ClH/c1-17-8-10-4-6-19(7-5-10)22(20,21)11-2-3-12(18-9-11)13(14,15)16;/h2-3,9-10,17H,4-8H2,1H3;1H. The number of hydrogen-bond acceptors (Lipinski definition) is 4. The Balaban J connectivity index is 0.00000264. The van der Waals surface area contributed by atoms with E-state index >= 15 is 0 Å². The van der Waals surface area contributed by atoms with Gasteiger partial charge in [0.1, 0.15) is 10.6 Å². The van der Waals surface area contributed by atoms with E-state index in [2.05, 4.69) is 10.3 Å². The number of pyridine rings is 1. The van der Waals surface area contributed by atoms with Crippen LogP contribution in [0, 0.1) is 5.92 Å². The Kier molecular flexibility index (Phi) is 6.81. The molecule has 1 aromatic heterocycles. The molecule has 0 saturated carbocycles. The predicted molar refractivity (Wildman–Crippen MR) is 81.9 cm³/mol. The smallest absolute Gasteiger partial charge is 0.319 e. The van der Waals surface area contributed by atoms with E-state index in [4.69, 9.17) is 0 Å². The first-order valence-corrected chi connectivity index (χ1v) is 8.37. The highest BCUT2D eigenvalue weighted by molar-refractivity contribution is 7.89. The van der Waals surface area contributed by atoms with Crippen LogP contribution in [-0.4, -0.2) is 44.4 Å². The fraction of sp³-hybridized carbons (Fsp3) is 0.615. The normalized spacial score (nSPS) is 17.7. The lowest BCUT2D eigenvalue weighted by Gasteiger charge is -2.31. The van der Waals surface area contributed by atoms with Crippen molar-refractivity contribution in [3.05, 3.63) is 24.0 Å². The number of halogens is 4. The molecule has 5 nitrogen and oxygen atoms in total. The van der Waals surface area contributed by atoms with E-state index in [1.807, 2.05) is 7.05 Å². The van der Waals surface area contributed by atoms with Crippen LogP contribution in [0.15, 0.2) is 23.2 Å². The second kappa shape index (κ2) is 7.78. The molecule has 1 N–H and O–H groups in total. The lowest BCUT2D eigenvalue weighted by Crippen LogP contribution is -2.40. The largest absolute Gasteiger partial charge is 0.433 e. The first-order chi connectivity index (χ1) is 10.2. The second-order valence-corrected chi connectivity index (χ2v) is 7.22. The third kappa shape index (κ3) is 4.79. The summed E-state index contributed by atoms with van der Waals surface area (Å²) in [7, 11) is -1.94. The fourth-order valence-corrected chi connectivity index (χ4v) is 3.91. The minimum Gasteiger partial charge on any atom is -0.319 e. The van der Waals surface area contributed by atoms with Gasteiger partial charge >= 0.3 is 6.18 Å². The van der Waals surface area contributed by atoms with E-state index in [1.165, 1.54) is 4.31 Å². The third-order valence-electron chi connectivity index (χ3n) is 3.73. The van der Waals surface area contributed by atoms with Crippen LogP contribution in [-0.2, 0) is 16.2 Å². The van der Waals surface area contributed by atoms with Gasteiger partial charge in [-0.2, -0.15) is 17.5 Å². The second-order valence-electron chi connectivity index (χ2n) is 5.28. The van der Waals surface area contributed by atoms with E-state index in [0.717, 1.165) is 31.6 Å². The van der Waals surface area contributed by atoms with E-state index in [0.29, 0.717) is 25.1 Å². The van der Waals surface area contributed by atoms with Crippen molar-refractivity contribution in [2.24, 2.45) is 5.92 Å². The van der Waals surface area contributed by atoms with Crippen LogP contribution in [0.2, 0.25) is 0 Å². The van der Waals surface area contributed by atoms with Crippen molar-refractivity contribution >= 4 is 22.4 Å². The molecule has 0 spiro atoms. The van der Waals surface area contributed by atoms with Gasteiger partial charge in [-0.1, -0.05) is 0 Å². The molecule has 1 aliphatic rings. The lowest BCUT2D eigenvalue weighted by molar-refractivity contribution is -0.141.